The van der Waals surface area contributed by atoms with Gasteiger partial charge in [0.2, 0.25) is 0 Å². The monoisotopic (exact) mass is 645 g/mol. The highest BCUT2D eigenvalue weighted by molar-refractivity contribution is 5.87. The molecule has 0 radical (unpaired) electrons. The zero-order valence-corrected chi connectivity index (χ0v) is 25.8. The van der Waals surface area contributed by atoms with Crippen LogP contribution >= 0.6 is 0 Å². The fraction of sp³-hybridized carbons (Fsp3) is 0.742. The van der Waals surface area contributed by atoms with Crippen molar-refractivity contribution in [1.29, 1.82) is 0 Å². The van der Waals surface area contributed by atoms with Crippen LogP contribution < -0.4 is 5.32 Å². The molecule has 1 unspecified atom stereocenters. The first-order chi connectivity index (χ1) is 21.5. The molecule has 0 aliphatic carbocycles. The van der Waals surface area contributed by atoms with Crippen molar-refractivity contribution in [2.45, 2.75) is 126 Å². The summed E-state index contributed by atoms with van der Waals surface area (Å²) in [6, 6.07) is 7.49. The minimum absolute atomic E-state index is 0.00964. The molecular formula is C31H51NO13. The van der Waals surface area contributed by atoms with Gasteiger partial charge in [-0.25, -0.2) is 4.79 Å². The van der Waals surface area contributed by atoms with Crippen LogP contribution in [0.5, 0.6) is 0 Å². The summed E-state index contributed by atoms with van der Waals surface area (Å²) in [7, 11) is 0. The van der Waals surface area contributed by atoms with E-state index in [2.05, 4.69) is 12.2 Å². The highest BCUT2D eigenvalue weighted by atomic mass is 16.7. The van der Waals surface area contributed by atoms with E-state index in [4.69, 9.17) is 14.2 Å². The topological polar surface area (TPSA) is 236 Å². The van der Waals surface area contributed by atoms with Crippen molar-refractivity contribution in [2.24, 2.45) is 0 Å². The van der Waals surface area contributed by atoms with Gasteiger partial charge in [0.15, 0.2) is 12.4 Å². The predicted molar refractivity (Wildman–Crippen MR) is 159 cm³/mol. The quantitative estimate of drug-likeness (QED) is 0.0557. The van der Waals surface area contributed by atoms with Crippen LogP contribution in [0.4, 0.5) is 0 Å². The standard InChI is InChI=1S/C31H51NO13/c1-2-3-4-5-6-7-8-12-15-43-30(42)20(16-19-13-10-9-11-14-19)32-29(41)26(39)25(38)28(21(35)17-33)45-31-27(40)24(37)23(36)22(18-34)44-31/h9-11,13-14,20-28,31,33-40H,2-8,12,15-18H2,1H3,(H,32,41)/t20?,21-,22-,23-,24+,25+,26-,27-,28+,31-/m1/s1. The molecule has 0 saturated carbocycles. The maximum Gasteiger partial charge on any atom is 0.328 e. The van der Waals surface area contributed by atoms with Crippen LogP contribution in [0.25, 0.3) is 0 Å². The van der Waals surface area contributed by atoms with Crippen molar-refractivity contribution in [2.75, 3.05) is 19.8 Å². The number of unbranched alkanes of at least 4 members (excludes halogenated alkanes) is 7. The number of benzene rings is 1. The minimum Gasteiger partial charge on any atom is -0.464 e. The van der Waals surface area contributed by atoms with Crippen molar-refractivity contribution in [3.8, 4) is 0 Å². The van der Waals surface area contributed by atoms with Gasteiger partial charge in [-0.15, -0.1) is 0 Å². The summed E-state index contributed by atoms with van der Waals surface area (Å²) in [6.07, 6.45) is -8.80. The Morgan fingerprint density at radius 1 is 0.889 bits per heavy atom. The number of aliphatic hydroxyl groups excluding tert-OH is 8. The van der Waals surface area contributed by atoms with Gasteiger partial charge in [-0.1, -0.05) is 82.2 Å². The number of hydrogen-bond acceptors (Lipinski definition) is 13. The number of carbonyl (C=O) groups excluding carboxylic acids is 2. The zero-order valence-electron chi connectivity index (χ0n) is 25.8. The molecule has 1 amide bonds. The number of nitrogens with one attached hydrogen (secondary N) is 1. The lowest BCUT2D eigenvalue weighted by Gasteiger charge is -2.42. The Balaban J connectivity index is 2.05. The molecule has 14 nitrogen and oxygen atoms in total. The van der Waals surface area contributed by atoms with Crippen molar-refractivity contribution in [3.63, 3.8) is 0 Å². The molecule has 1 aliphatic heterocycles. The molecule has 1 aromatic carbocycles. The lowest BCUT2D eigenvalue weighted by molar-refractivity contribution is -0.326. The Bertz CT molecular complexity index is 968. The van der Waals surface area contributed by atoms with Gasteiger partial charge in [-0.3, -0.25) is 4.79 Å². The van der Waals surface area contributed by atoms with Crippen LogP contribution in [0.1, 0.15) is 63.9 Å². The lowest BCUT2D eigenvalue weighted by Crippen LogP contribution is -2.62. The number of aliphatic hydroxyl groups is 8. The predicted octanol–water partition coefficient (Wildman–Crippen LogP) is -1.34. The molecule has 1 aliphatic rings. The summed E-state index contributed by atoms with van der Waals surface area (Å²) in [5, 5.41) is 83.4. The van der Waals surface area contributed by atoms with Gasteiger partial charge in [-0.05, 0) is 12.0 Å². The smallest absolute Gasteiger partial charge is 0.328 e. The van der Waals surface area contributed by atoms with Crippen LogP contribution in [0, 0.1) is 0 Å². The van der Waals surface area contributed by atoms with E-state index in [0.29, 0.717) is 12.0 Å². The first-order valence-corrected chi connectivity index (χ1v) is 15.7. The molecule has 2 rings (SSSR count). The Hall–Kier alpha value is -2.24. The summed E-state index contributed by atoms with van der Waals surface area (Å²) < 4.78 is 16.0. The molecule has 9 N–H and O–H groups in total. The average Bonchev–Trinajstić information content (AvgIpc) is 3.05. The van der Waals surface area contributed by atoms with Crippen LogP contribution in [0.3, 0.4) is 0 Å². The third kappa shape index (κ3) is 12.5. The van der Waals surface area contributed by atoms with Crippen LogP contribution in [0.2, 0.25) is 0 Å². The first-order valence-electron chi connectivity index (χ1n) is 15.7. The first kappa shape index (κ1) is 38.9. The molecule has 258 valence electrons. The second kappa shape index (κ2) is 20.8. The fourth-order valence-corrected chi connectivity index (χ4v) is 4.98. The number of hydrogen-bond donors (Lipinski definition) is 9. The Morgan fingerprint density at radius 3 is 2.11 bits per heavy atom. The van der Waals surface area contributed by atoms with E-state index in [1.54, 1.807) is 30.3 Å². The zero-order chi connectivity index (χ0) is 33.4. The fourth-order valence-electron chi connectivity index (χ4n) is 4.98. The van der Waals surface area contributed by atoms with Gasteiger partial charge in [-0.2, -0.15) is 0 Å². The molecule has 1 aromatic rings. The number of carbonyl (C=O) groups is 2. The molecule has 10 atom stereocenters. The SMILES string of the molecule is CCCCCCCCCCOC(=O)C(Cc1ccccc1)NC(=O)[C@H](O)[C@H](O)[C@@H](O[C@H]1O[C@H](CO)[C@@H](O)[C@H](O)[C@H]1O)[C@H](O)CO. The molecule has 0 aromatic heterocycles. The Labute approximate surface area is 263 Å². The van der Waals surface area contributed by atoms with E-state index in [1.807, 2.05) is 0 Å². The van der Waals surface area contributed by atoms with Gasteiger partial charge in [0.05, 0.1) is 19.8 Å². The summed E-state index contributed by atoms with van der Waals surface area (Å²) in [6.45, 7) is 0.488. The minimum atomic E-state index is -2.32. The van der Waals surface area contributed by atoms with Crippen molar-refractivity contribution >= 4 is 11.9 Å². The second-order valence-electron chi connectivity index (χ2n) is 11.4. The highest BCUT2D eigenvalue weighted by Gasteiger charge is 2.47. The van der Waals surface area contributed by atoms with Crippen LogP contribution in [0.15, 0.2) is 30.3 Å². The average molecular weight is 646 g/mol. The molecule has 1 heterocycles. The van der Waals surface area contributed by atoms with E-state index in [0.717, 1.165) is 25.7 Å². The Kier molecular flexibility index (Phi) is 18.0. The maximum absolute atomic E-state index is 13.1. The van der Waals surface area contributed by atoms with Crippen LogP contribution in [-0.2, 0) is 30.2 Å². The number of rotatable bonds is 21. The molecular weight excluding hydrogens is 594 g/mol. The maximum atomic E-state index is 13.1. The van der Waals surface area contributed by atoms with Gasteiger partial charge in [0, 0.05) is 6.42 Å². The number of amides is 1. The molecule has 14 heteroatoms. The molecule has 0 spiro atoms. The van der Waals surface area contributed by atoms with E-state index >= 15 is 0 Å². The van der Waals surface area contributed by atoms with Gasteiger partial charge in [0.1, 0.15) is 48.8 Å². The van der Waals surface area contributed by atoms with Crippen molar-refractivity contribution in [3.05, 3.63) is 35.9 Å². The van der Waals surface area contributed by atoms with Gasteiger partial charge < -0.3 is 60.4 Å². The summed E-state index contributed by atoms with van der Waals surface area (Å²) in [5.41, 5.74) is 0.682. The summed E-state index contributed by atoms with van der Waals surface area (Å²) in [4.78, 5) is 26.1. The lowest BCUT2D eigenvalue weighted by atomic mass is 9.98. The van der Waals surface area contributed by atoms with Gasteiger partial charge >= 0.3 is 5.97 Å². The van der Waals surface area contributed by atoms with E-state index in [1.165, 1.54) is 19.3 Å². The third-order valence-electron chi connectivity index (χ3n) is 7.76. The second-order valence-corrected chi connectivity index (χ2v) is 11.4. The Morgan fingerprint density at radius 2 is 1.51 bits per heavy atom. The van der Waals surface area contributed by atoms with Gasteiger partial charge in [0.25, 0.3) is 5.91 Å². The van der Waals surface area contributed by atoms with Crippen LogP contribution in [-0.4, -0.2) is 134 Å². The highest BCUT2D eigenvalue weighted by Crippen LogP contribution is 2.25. The number of esters is 1. The normalized spacial score (nSPS) is 25.1. The molecule has 0 bridgehead atoms. The van der Waals surface area contributed by atoms with Crippen molar-refractivity contribution in [1.82, 2.24) is 5.32 Å². The number of ether oxygens (including phenoxy) is 3. The largest absolute Gasteiger partial charge is 0.464 e. The van der Waals surface area contributed by atoms with E-state index in [9.17, 15) is 50.4 Å². The third-order valence-corrected chi connectivity index (χ3v) is 7.76. The molecule has 45 heavy (non-hydrogen) atoms. The summed E-state index contributed by atoms with van der Waals surface area (Å²) in [5.74, 6) is -1.97. The van der Waals surface area contributed by atoms with Crippen molar-refractivity contribution < 1.29 is 64.7 Å². The van der Waals surface area contributed by atoms with E-state index in [-0.39, 0.29) is 13.0 Å². The van der Waals surface area contributed by atoms with E-state index < -0.39 is 86.3 Å². The molecule has 1 fully saturated rings. The molecule has 1 saturated heterocycles. The summed E-state index contributed by atoms with van der Waals surface area (Å²) >= 11 is 0.